The van der Waals surface area contributed by atoms with Crippen LogP contribution in [0.3, 0.4) is 0 Å². The molecule has 5 nitrogen and oxygen atoms in total. The molecule has 3 heterocycles. The summed E-state index contributed by atoms with van der Waals surface area (Å²) in [6, 6.07) is 0.701. The molecule has 0 aliphatic carbocycles. The number of rotatable bonds is 2. The molecule has 0 atom stereocenters. The van der Waals surface area contributed by atoms with E-state index in [2.05, 4.69) is 21.8 Å². The zero-order valence-corrected chi connectivity index (χ0v) is 13.4. The molecular formula is C14H24N4OS. The number of likely N-dealkylation sites (N-methyl/N-ethyl adjacent to an activating group) is 1. The van der Waals surface area contributed by atoms with Gasteiger partial charge in [-0.1, -0.05) is 13.8 Å². The monoisotopic (exact) mass is 296 g/mol. The predicted octanol–water partition coefficient (Wildman–Crippen LogP) is 1.24. The number of nitrogens with zero attached hydrogens (tertiary/aromatic N) is 4. The molecule has 112 valence electrons. The Balaban J connectivity index is 0.000000704. The lowest BCUT2D eigenvalue weighted by Gasteiger charge is -2.46. The van der Waals surface area contributed by atoms with Crippen molar-refractivity contribution < 1.29 is 4.79 Å². The normalized spacial score (nSPS) is 21.1. The van der Waals surface area contributed by atoms with Crippen molar-refractivity contribution in [3.05, 3.63) is 16.6 Å². The van der Waals surface area contributed by atoms with E-state index >= 15 is 0 Å². The molecule has 0 aromatic carbocycles. The van der Waals surface area contributed by atoms with Crippen molar-refractivity contribution in [3.8, 4) is 0 Å². The zero-order valence-electron chi connectivity index (χ0n) is 12.6. The molecule has 3 rings (SSSR count). The topological polar surface area (TPSA) is 39.7 Å². The van der Waals surface area contributed by atoms with Gasteiger partial charge in [0, 0.05) is 56.9 Å². The molecule has 6 heteroatoms. The van der Waals surface area contributed by atoms with Crippen molar-refractivity contribution in [2.75, 3.05) is 46.3 Å². The van der Waals surface area contributed by atoms with Crippen LogP contribution in [0.1, 0.15) is 23.6 Å². The van der Waals surface area contributed by atoms with Crippen LogP contribution in [0.2, 0.25) is 0 Å². The molecule has 1 aromatic rings. The third-order valence-electron chi connectivity index (χ3n) is 3.78. The summed E-state index contributed by atoms with van der Waals surface area (Å²) in [6.07, 6.45) is 1.69. The fourth-order valence-corrected chi connectivity index (χ4v) is 3.25. The summed E-state index contributed by atoms with van der Waals surface area (Å²) in [6.45, 7) is 9.99. The number of amides is 1. The van der Waals surface area contributed by atoms with Crippen LogP contribution in [0.15, 0.2) is 11.6 Å². The van der Waals surface area contributed by atoms with Crippen LogP contribution in [0.25, 0.3) is 0 Å². The Morgan fingerprint density at radius 3 is 2.40 bits per heavy atom. The van der Waals surface area contributed by atoms with Crippen molar-refractivity contribution in [1.29, 1.82) is 0 Å². The van der Waals surface area contributed by atoms with E-state index in [1.807, 2.05) is 24.1 Å². The van der Waals surface area contributed by atoms with E-state index in [1.165, 1.54) is 24.4 Å². The van der Waals surface area contributed by atoms with Gasteiger partial charge in [0.05, 0.1) is 0 Å². The fourth-order valence-electron chi connectivity index (χ4n) is 2.65. The zero-order chi connectivity index (χ0) is 14.5. The van der Waals surface area contributed by atoms with Crippen molar-refractivity contribution in [1.82, 2.24) is 19.7 Å². The number of hydrogen-bond donors (Lipinski definition) is 0. The molecule has 0 bridgehead atoms. The van der Waals surface area contributed by atoms with Crippen LogP contribution in [0.4, 0.5) is 0 Å². The minimum absolute atomic E-state index is 0.0929. The number of piperazine rings is 1. The van der Waals surface area contributed by atoms with Gasteiger partial charge in [0.1, 0.15) is 0 Å². The Bertz CT molecular complexity index is 409. The van der Waals surface area contributed by atoms with E-state index in [4.69, 9.17) is 0 Å². The van der Waals surface area contributed by atoms with Gasteiger partial charge in [-0.3, -0.25) is 9.69 Å². The molecule has 2 fully saturated rings. The second-order valence-electron chi connectivity index (χ2n) is 5.04. The quantitative estimate of drug-likeness (QED) is 0.823. The van der Waals surface area contributed by atoms with E-state index in [-0.39, 0.29) is 5.91 Å². The molecule has 0 saturated carbocycles. The molecule has 2 aliphatic rings. The second kappa shape index (κ2) is 7.15. The Hall–Kier alpha value is -0.980. The first-order valence-electron chi connectivity index (χ1n) is 7.35. The standard InChI is InChI=1S/C12H18N4OS.C2H6/c1-14-8-10(9-14)15-3-5-16(6-4-15)12(17)11-13-2-7-18-11;1-2/h2,7,10H,3-6,8-9H2,1H3;1-2H3. The minimum Gasteiger partial charge on any atom is -0.334 e. The summed E-state index contributed by atoms with van der Waals surface area (Å²) >= 11 is 1.43. The van der Waals surface area contributed by atoms with E-state index in [0.717, 1.165) is 26.2 Å². The fraction of sp³-hybridized carbons (Fsp3) is 0.714. The van der Waals surface area contributed by atoms with Crippen LogP contribution in [-0.4, -0.2) is 77.9 Å². The molecule has 0 spiro atoms. The highest BCUT2D eigenvalue weighted by Crippen LogP contribution is 2.16. The lowest BCUT2D eigenvalue weighted by Crippen LogP contribution is -2.62. The van der Waals surface area contributed by atoms with Gasteiger partial charge in [-0.05, 0) is 7.05 Å². The highest BCUT2D eigenvalue weighted by atomic mass is 32.1. The van der Waals surface area contributed by atoms with E-state index < -0.39 is 0 Å². The number of aromatic nitrogens is 1. The smallest absolute Gasteiger partial charge is 0.282 e. The maximum atomic E-state index is 12.1. The Morgan fingerprint density at radius 1 is 1.25 bits per heavy atom. The molecule has 1 aromatic heterocycles. The lowest BCUT2D eigenvalue weighted by atomic mass is 10.1. The van der Waals surface area contributed by atoms with Crippen LogP contribution in [0, 0.1) is 0 Å². The van der Waals surface area contributed by atoms with Gasteiger partial charge < -0.3 is 9.80 Å². The van der Waals surface area contributed by atoms with Gasteiger partial charge in [-0.15, -0.1) is 11.3 Å². The minimum atomic E-state index is 0.0929. The molecule has 2 aliphatic heterocycles. The van der Waals surface area contributed by atoms with Crippen molar-refractivity contribution >= 4 is 17.2 Å². The lowest BCUT2D eigenvalue weighted by molar-refractivity contribution is 0.0173. The van der Waals surface area contributed by atoms with Gasteiger partial charge in [0.25, 0.3) is 5.91 Å². The summed E-state index contributed by atoms with van der Waals surface area (Å²) < 4.78 is 0. The summed E-state index contributed by atoms with van der Waals surface area (Å²) in [5, 5.41) is 2.47. The largest absolute Gasteiger partial charge is 0.334 e. The maximum Gasteiger partial charge on any atom is 0.282 e. The van der Waals surface area contributed by atoms with Crippen molar-refractivity contribution in [3.63, 3.8) is 0 Å². The summed E-state index contributed by atoms with van der Waals surface area (Å²) in [7, 11) is 2.15. The van der Waals surface area contributed by atoms with Crippen LogP contribution in [0.5, 0.6) is 0 Å². The molecular weight excluding hydrogens is 272 g/mol. The van der Waals surface area contributed by atoms with E-state index in [0.29, 0.717) is 11.0 Å². The van der Waals surface area contributed by atoms with Gasteiger partial charge in [-0.25, -0.2) is 4.98 Å². The Morgan fingerprint density at radius 2 is 1.90 bits per heavy atom. The Labute approximate surface area is 125 Å². The van der Waals surface area contributed by atoms with Crippen molar-refractivity contribution in [2.24, 2.45) is 0 Å². The van der Waals surface area contributed by atoms with Crippen LogP contribution >= 0.6 is 11.3 Å². The first-order valence-corrected chi connectivity index (χ1v) is 8.23. The van der Waals surface area contributed by atoms with Gasteiger partial charge in [-0.2, -0.15) is 0 Å². The molecule has 1 amide bonds. The van der Waals surface area contributed by atoms with Gasteiger partial charge in [0.15, 0.2) is 5.01 Å². The van der Waals surface area contributed by atoms with Crippen molar-refractivity contribution in [2.45, 2.75) is 19.9 Å². The first kappa shape index (κ1) is 15.4. The van der Waals surface area contributed by atoms with Crippen LogP contribution in [-0.2, 0) is 0 Å². The number of thiazole rings is 1. The molecule has 2 saturated heterocycles. The maximum absolute atomic E-state index is 12.1. The number of likely N-dealkylation sites (tertiary alicyclic amines) is 1. The van der Waals surface area contributed by atoms with Gasteiger partial charge in [0.2, 0.25) is 0 Å². The first-order chi connectivity index (χ1) is 9.74. The Kier molecular flexibility index (Phi) is 5.51. The second-order valence-corrected chi connectivity index (χ2v) is 5.94. The van der Waals surface area contributed by atoms with Crippen LogP contribution < -0.4 is 0 Å². The molecule has 0 unspecified atom stereocenters. The van der Waals surface area contributed by atoms with E-state index in [1.54, 1.807) is 6.20 Å². The number of carbonyl (C=O) groups excluding carboxylic acids is 1. The molecule has 0 radical (unpaired) electrons. The SMILES string of the molecule is CC.CN1CC(N2CCN(C(=O)c3nccs3)CC2)C1. The summed E-state index contributed by atoms with van der Waals surface area (Å²) in [5.74, 6) is 0.0929. The number of hydrogen-bond acceptors (Lipinski definition) is 5. The summed E-state index contributed by atoms with van der Waals surface area (Å²) in [5.41, 5.74) is 0. The predicted molar refractivity (Wildman–Crippen MR) is 82.2 cm³/mol. The van der Waals surface area contributed by atoms with Gasteiger partial charge >= 0.3 is 0 Å². The average Bonchev–Trinajstić information content (AvgIpc) is 3.00. The third kappa shape index (κ3) is 3.37. The molecule has 0 N–H and O–H groups in total. The highest BCUT2D eigenvalue weighted by molar-refractivity contribution is 7.11. The molecule has 20 heavy (non-hydrogen) atoms. The number of carbonyl (C=O) groups is 1. The highest BCUT2D eigenvalue weighted by Gasteiger charge is 2.32. The summed E-state index contributed by atoms with van der Waals surface area (Å²) in [4.78, 5) is 23.0. The third-order valence-corrected chi connectivity index (χ3v) is 4.54. The van der Waals surface area contributed by atoms with E-state index in [9.17, 15) is 4.79 Å². The average molecular weight is 296 g/mol.